The van der Waals surface area contributed by atoms with Crippen molar-refractivity contribution in [2.24, 2.45) is 0 Å². The molecule has 0 unspecified atom stereocenters. The third-order valence-corrected chi connectivity index (χ3v) is 2.68. The second-order valence-corrected chi connectivity index (χ2v) is 4.00. The first-order valence-corrected chi connectivity index (χ1v) is 5.64. The Morgan fingerprint density at radius 2 is 1.85 bits per heavy atom. The molecular weight excluding hydrogens is 271 g/mol. The molecule has 0 saturated heterocycles. The molecule has 0 aliphatic carbocycles. The van der Waals surface area contributed by atoms with Crippen molar-refractivity contribution in [3.63, 3.8) is 0 Å². The Balaban J connectivity index is 2.44. The van der Waals surface area contributed by atoms with Gasteiger partial charge in [-0.25, -0.2) is 9.78 Å². The molecule has 0 atom stereocenters. The van der Waals surface area contributed by atoms with Gasteiger partial charge in [0.2, 0.25) is 0 Å². The predicted octanol–water partition coefficient (Wildman–Crippen LogP) is 3.55. The van der Waals surface area contributed by atoms with Crippen LogP contribution in [-0.2, 0) is 10.9 Å². The number of aromatic nitrogens is 1. The minimum Gasteiger partial charge on any atom is -0.464 e. The highest BCUT2D eigenvalue weighted by atomic mass is 19.4. The topological polar surface area (TPSA) is 39.2 Å². The Labute approximate surface area is 113 Å². The summed E-state index contributed by atoms with van der Waals surface area (Å²) in [5, 5.41) is 0. The van der Waals surface area contributed by atoms with Crippen LogP contribution in [0.4, 0.5) is 13.2 Å². The third kappa shape index (κ3) is 2.96. The molecule has 0 amide bonds. The summed E-state index contributed by atoms with van der Waals surface area (Å²) in [6.07, 6.45) is -3.06. The van der Waals surface area contributed by atoms with E-state index in [2.05, 4.69) is 9.72 Å². The smallest absolute Gasteiger partial charge is 0.416 e. The molecule has 2 aromatic rings. The molecule has 1 aromatic carbocycles. The molecule has 0 radical (unpaired) electrons. The number of carbonyl (C=O) groups excluding carboxylic acids is 1. The third-order valence-electron chi connectivity index (χ3n) is 2.68. The number of hydrogen-bond acceptors (Lipinski definition) is 3. The van der Waals surface area contributed by atoms with Crippen LogP contribution in [0.3, 0.4) is 0 Å². The molecule has 0 aliphatic rings. The number of pyridine rings is 1. The Bertz CT molecular complexity index is 638. The van der Waals surface area contributed by atoms with Crippen molar-refractivity contribution >= 4 is 5.97 Å². The lowest BCUT2D eigenvalue weighted by Crippen LogP contribution is -2.05. The van der Waals surface area contributed by atoms with Crippen molar-refractivity contribution in [3.8, 4) is 11.1 Å². The number of carbonyl (C=O) groups is 1. The highest BCUT2D eigenvalue weighted by Crippen LogP contribution is 2.32. The van der Waals surface area contributed by atoms with E-state index in [4.69, 9.17) is 0 Å². The van der Waals surface area contributed by atoms with Crippen LogP contribution in [0.15, 0.2) is 42.6 Å². The number of esters is 1. The van der Waals surface area contributed by atoms with Crippen LogP contribution in [-0.4, -0.2) is 18.1 Å². The summed E-state index contributed by atoms with van der Waals surface area (Å²) in [6.45, 7) is 0. The van der Waals surface area contributed by atoms with Gasteiger partial charge in [0.05, 0.1) is 12.7 Å². The molecule has 2 rings (SSSR count). The van der Waals surface area contributed by atoms with Gasteiger partial charge < -0.3 is 4.74 Å². The van der Waals surface area contributed by atoms with Gasteiger partial charge in [0.15, 0.2) is 0 Å². The normalized spacial score (nSPS) is 11.2. The van der Waals surface area contributed by atoms with E-state index in [1.54, 1.807) is 0 Å². The summed E-state index contributed by atoms with van der Waals surface area (Å²) in [6, 6.07) is 7.79. The zero-order chi connectivity index (χ0) is 14.8. The quantitative estimate of drug-likeness (QED) is 0.790. The molecule has 0 N–H and O–H groups in total. The summed E-state index contributed by atoms with van der Waals surface area (Å²) in [5.74, 6) is -0.640. The second kappa shape index (κ2) is 5.32. The molecule has 0 saturated carbocycles. The van der Waals surface area contributed by atoms with E-state index in [0.717, 1.165) is 12.1 Å². The molecule has 3 nitrogen and oxygen atoms in total. The molecule has 0 fully saturated rings. The molecule has 0 bridgehead atoms. The standard InChI is InChI=1S/C14H10F3NO2/c1-20-13(19)12-8-10(5-6-18-12)9-3-2-4-11(7-9)14(15,16)17/h2-8H,1H3. The highest BCUT2D eigenvalue weighted by Gasteiger charge is 2.30. The predicted molar refractivity (Wildman–Crippen MR) is 66.0 cm³/mol. The van der Waals surface area contributed by atoms with Crippen molar-refractivity contribution in [1.82, 2.24) is 4.98 Å². The fourth-order valence-electron chi connectivity index (χ4n) is 1.70. The zero-order valence-electron chi connectivity index (χ0n) is 10.4. The van der Waals surface area contributed by atoms with E-state index in [1.165, 1.54) is 37.6 Å². The van der Waals surface area contributed by atoms with Crippen molar-refractivity contribution in [3.05, 3.63) is 53.9 Å². The van der Waals surface area contributed by atoms with E-state index in [1.807, 2.05) is 0 Å². The molecule has 104 valence electrons. The van der Waals surface area contributed by atoms with Gasteiger partial charge in [0.25, 0.3) is 0 Å². The number of hydrogen-bond donors (Lipinski definition) is 0. The Kier molecular flexibility index (Phi) is 3.74. The SMILES string of the molecule is COC(=O)c1cc(-c2cccc(C(F)(F)F)c2)ccn1. The largest absolute Gasteiger partial charge is 0.464 e. The summed E-state index contributed by atoms with van der Waals surface area (Å²) in [4.78, 5) is 15.2. The van der Waals surface area contributed by atoms with Gasteiger partial charge in [-0.05, 0) is 35.4 Å². The monoisotopic (exact) mass is 281 g/mol. The Hall–Kier alpha value is -2.37. The summed E-state index contributed by atoms with van der Waals surface area (Å²) in [5.41, 5.74) is 0.118. The van der Waals surface area contributed by atoms with Crippen molar-refractivity contribution in [2.75, 3.05) is 7.11 Å². The van der Waals surface area contributed by atoms with Gasteiger partial charge in [-0.2, -0.15) is 13.2 Å². The first kappa shape index (κ1) is 14.0. The summed E-state index contributed by atoms with van der Waals surface area (Å²) in [7, 11) is 1.21. The molecule has 0 spiro atoms. The number of benzene rings is 1. The van der Waals surface area contributed by atoms with Crippen LogP contribution in [0.2, 0.25) is 0 Å². The van der Waals surface area contributed by atoms with E-state index in [9.17, 15) is 18.0 Å². The van der Waals surface area contributed by atoms with E-state index < -0.39 is 17.7 Å². The van der Waals surface area contributed by atoms with Crippen LogP contribution >= 0.6 is 0 Å². The van der Waals surface area contributed by atoms with Crippen molar-refractivity contribution in [1.29, 1.82) is 0 Å². The number of alkyl halides is 3. The number of nitrogens with zero attached hydrogens (tertiary/aromatic N) is 1. The van der Waals surface area contributed by atoms with Crippen molar-refractivity contribution < 1.29 is 22.7 Å². The second-order valence-electron chi connectivity index (χ2n) is 4.00. The summed E-state index contributed by atoms with van der Waals surface area (Å²) >= 11 is 0. The van der Waals surface area contributed by atoms with Crippen LogP contribution in [0, 0.1) is 0 Å². The number of rotatable bonds is 2. The average molecular weight is 281 g/mol. The lowest BCUT2D eigenvalue weighted by atomic mass is 10.0. The maximum Gasteiger partial charge on any atom is 0.416 e. The van der Waals surface area contributed by atoms with Crippen LogP contribution in [0.5, 0.6) is 0 Å². The molecule has 1 aromatic heterocycles. The van der Waals surface area contributed by atoms with Crippen LogP contribution in [0.25, 0.3) is 11.1 Å². The molecular formula is C14H10F3NO2. The van der Waals surface area contributed by atoms with Gasteiger partial charge in [-0.15, -0.1) is 0 Å². The lowest BCUT2D eigenvalue weighted by molar-refractivity contribution is -0.137. The molecule has 0 aliphatic heterocycles. The Morgan fingerprint density at radius 1 is 1.15 bits per heavy atom. The lowest BCUT2D eigenvalue weighted by Gasteiger charge is -2.09. The average Bonchev–Trinajstić information content (AvgIpc) is 2.46. The first-order chi connectivity index (χ1) is 9.41. The maximum absolute atomic E-state index is 12.7. The molecule has 6 heteroatoms. The van der Waals surface area contributed by atoms with E-state index >= 15 is 0 Å². The minimum absolute atomic E-state index is 0.0439. The zero-order valence-corrected chi connectivity index (χ0v) is 10.4. The van der Waals surface area contributed by atoms with Crippen LogP contribution in [0.1, 0.15) is 16.1 Å². The minimum atomic E-state index is -4.41. The van der Waals surface area contributed by atoms with Gasteiger partial charge >= 0.3 is 12.1 Å². The fourth-order valence-corrected chi connectivity index (χ4v) is 1.70. The Morgan fingerprint density at radius 3 is 2.50 bits per heavy atom. The van der Waals surface area contributed by atoms with Crippen LogP contribution < -0.4 is 0 Å². The van der Waals surface area contributed by atoms with E-state index in [0.29, 0.717) is 11.1 Å². The van der Waals surface area contributed by atoms with Gasteiger partial charge in [0, 0.05) is 6.20 Å². The number of methoxy groups -OCH3 is 1. The van der Waals surface area contributed by atoms with Gasteiger partial charge in [0.1, 0.15) is 5.69 Å². The van der Waals surface area contributed by atoms with Gasteiger partial charge in [-0.3, -0.25) is 0 Å². The highest BCUT2D eigenvalue weighted by molar-refractivity contribution is 5.88. The fraction of sp³-hybridized carbons (Fsp3) is 0.143. The first-order valence-electron chi connectivity index (χ1n) is 5.64. The maximum atomic E-state index is 12.7. The van der Waals surface area contributed by atoms with Crippen molar-refractivity contribution in [2.45, 2.75) is 6.18 Å². The van der Waals surface area contributed by atoms with E-state index in [-0.39, 0.29) is 5.69 Å². The molecule has 20 heavy (non-hydrogen) atoms. The summed E-state index contributed by atoms with van der Waals surface area (Å²) < 4.78 is 42.5. The number of halogens is 3. The van der Waals surface area contributed by atoms with Gasteiger partial charge in [-0.1, -0.05) is 12.1 Å². The number of ether oxygens (including phenoxy) is 1. The molecule has 1 heterocycles.